The van der Waals surface area contributed by atoms with Crippen LogP contribution in [0.15, 0.2) is 66.7 Å². The first-order valence-corrected chi connectivity index (χ1v) is 13.8. The molecule has 3 aromatic carbocycles. The Morgan fingerprint density at radius 3 is 2.07 bits per heavy atom. The molecule has 0 saturated heterocycles. The molecule has 0 aromatic heterocycles. The molecule has 1 unspecified atom stereocenters. The van der Waals surface area contributed by atoms with E-state index >= 15 is 0 Å². The van der Waals surface area contributed by atoms with Crippen LogP contribution in [0, 0.1) is 5.92 Å². The molecule has 0 bridgehead atoms. The van der Waals surface area contributed by atoms with Gasteiger partial charge in [0, 0.05) is 12.1 Å². The van der Waals surface area contributed by atoms with Crippen molar-refractivity contribution in [1.29, 1.82) is 0 Å². The van der Waals surface area contributed by atoms with E-state index in [2.05, 4.69) is 16.0 Å². The van der Waals surface area contributed by atoms with Gasteiger partial charge in [0.2, 0.25) is 17.6 Å². The lowest BCUT2D eigenvalue weighted by Gasteiger charge is -2.22. The fourth-order valence-electron chi connectivity index (χ4n) is 4.63. The number of rotatable bonds is 15. The van der Waals surface area contributed by atoms with Gasteiger partial charge in [-0.05, 0) is 53.3 Å². The van der Waals surface area contributed by atoms with E-state index in [4.69, 9.17) is 14.2 Å². The Morgan fingerprint density at radius 1 is 0.857 bits per heavy atom. The van der Waals surface area contributed by atoms with E-state index in [-0.39, 0.29) is 18.9 Å². The van der Waals surface area contributed by atoms with Crippen molar-refractivity contribution in [3.8, 4) is 28.4 Å². The predicted molar refractivity (Wildman–Crippen MR) is 164 cm³/mol. The lowest BCUT2D eigenvalue weighted by Crippen LogP contribution is -2.51. The van der Waals surface area contributed by atoms with Crippen LogP contribution in [0.2, 0.25) is 0 Å². The minimum atomic E-state index is -1.71. The Morgan fingerprint density at radius 2 is 1.50 bits per heavy atom. The SMILES string of the molecule is COc1cc(CC(Nc2cccc(-c3ccccc3)c2)C(=O)NCC(=O)N[C@@H](CC(C)C)B(O)O)cc(OC)c1OC. The van der Waals surface area contributed by atoms with Crippen LogP contribution in [0.3, 0.4) is 0 Å². The maximum atomic E-state index is 13.5. The van der Waals surface area contributed by atoms with Gasteiger partial charge in [0.25, 0.3) is 0 Å². The van der Waals surface area contributed by atoms with Gasteiger partial charge in [-0.25, -0.2) is 0 Å². The van der Waals surface area contributed by atoms with E-state index in [0.717, 1.165) is 16.7 Å². The first-order valence-electron chi connectivity index (χ1n) is 13.8. The fraction of sp³-hybridized carbons (Fsp3) is 0.355. The summed E-state index contributed by atoms with van der Waals surface area (Å²) in [5.74, 6) is -0.320. The van der Waals surface area contributed by atoms with Crippen molar-refractivity contribution in [3.63, 3.8) is 0 Å². The molecule has 224 valence electrons. The molecule has 11 heteroatoms. The molecule has 3 rings (SSSR count). The van der Waals surface area contributed by atoms with Gasteiger partial charge in [0.1, 0.15) is 6.04 Å². The summed E-state index contributed by atoms with van der Waals surface area (Å²) in [4.78, 5) is 26.1. The van der Waals surface area contributed by atoms with Gasteiger partial charge < -0.3 is 40.2 Å². The zero-order valence-corrected chi connectivity index (χ0v) is 24.7. The lowest BCUT2D eigenvalue weighted by atomic mass is 9.75. The van der Waals surface area contributed by atoms with Gasteiger partial charge in [0.15, 0.2) is 11.5 Å². The monoisotopic (exact) mass is 577 g/mol. The van der Waals surface area contributed by atoms with Crippen LogP contribution in [0.25, 0.3) is 11.1 Å². The number of anilines is 1. The van der Waals surface area contributed by atoms with E-state index < -0.39 is 30.9 Å². The van der Waals surface area contributed by atoms with E-state index in [0.29, 0.717) is 29.4 Å². The van der Waals surface area contributed by atoms with Crippen molar-refractivity contribution >= 4 is 24.6 Å². The first kappa shape index (κ1) is 32.3. The van der Waals surface area contributed by atoms with Crippen molar-refractivity contribution in [2.45, 2.75) is 38.7 Å². The molecule has 0 radical (unpaired) electrons. The van der Waals surface area contributed by atoms with Crippen LogP contribution in [-0.2, 0) is 16.0 Å². The number of amides is 2. The van der Waals surface area contributed by atoms with Crippen molar-refractivity contribution in [1.82, 2.24) is 10.6 Å². The van der Waals surface area contributed by atoms with Crippen molar-refractivity contribution < 1.29 is 33.8 Å². The molecule has 5 N–H and O–H groups in total. The number of ether oxygens (including phenoxy) is 3. The summed E-state index contributed by atoms with van der Waals surface area (Å²) in [5.41, 5.74) is 3.46. The van der Waals surface area contributed by atoms with Gasteiger partial charge in [-0.1, -0.05) is 56.3 Å². The molecular formula is C31H40BN3O7. The van der Waals surface area contributed by atoms with Gasteiger partial charge in [-0.15, -0.1) is 0 Å². The number of hydrogen-bond donors (Lipinski definition) is 5. The Bertz CT molecular complexity index is 1300. The van der Waals surface area contributed by atoms with Crippen LogP contribution < -0.4 is 30.2 Å². The molecular weight excluding hydrogens is 537 g/mol. The van der Waals surface area contributed by atoms with E-state index in [1.165, 1.54) is 21.3 Å². The summed E-state index contributed by atoms with van der Waals surface area (Å²) in [6, 6.07) is 20.4. The highest BCUT2D eigenvalue weighted by Gasteiger charge is 2.27. The largest absolute Gasteiger partial charge is 0.493 e. The summed E-state index contributed by atoms with van der Waals surface area (Å²) in [6.07, 6.45) is 0.603. The molecule has 0 fully saturated rings. The molecule has 0 aliphatic heterocycles. The minimum absolute atomic E-state index is 0.130. The zero-order chi connectivity index (χ0) is 30.6. The number of carbonyl (C=O) groups is 2. The second-order valence-electron chi connectivity index (χ2n) is 10.3. The van der Waals surface area contributed by atoms with Crippen LogP contribution in [0.4, 0.5) is 5.69 Å². The highest BCUT2D eigenvalue weighted by Crippen LogP contribution is 2.38. The summed E-state index contributed by atoms with van der Waals surface area (Å²) in [6.45, 7) is 3.49. The second-order valence-corrected chi connectivity index (χ2v) is 10.3. The highest BCUT2D eigenvalue weighted by molar-refractivity contribution is 6.43. The molecule has 2 atom stereocenters. The standard InChI is InChI=1S/C31H40BN3O7/c1-20(2)14-28(32(38)39)35-29(36)19-33-31(37)25(15-21-16-26(40-3)30(42-5)27(17-21)41-4)34-24-13-9-12-23(18-24)22-10-7-6-8-11-22/h6-13,16-18,20,25,28,34,38-39H,14-15,19H2,1-5H3,(H,33,37)(H,35,36)/t25?,28-/m0/s1. The number of benzene rings is 3. The molecule has 42 heavy (non-hydrogen) atoms. The summed E-state index contributed by atoms with van der Waals surface area (Å²) < 4.78 is 16.4. The average molecular weight is 577 g/mol. The smallest absolute Gasteiger partial charge is 0.475 e. The Hall–Kier alpha value is -4.22. The molecule has 0 aliphatic rings. The Balaban J connectivity index is 1.84. The van der Waals surface area contributed by atoms with Gasteiger partial charge in [-0.2, -0.15) is 0 Å². The minimum Gasteiger partial charge on any atom is -0.493 e. The first-order chi connectivity index (χ1) is 20.1. The van der Waals surface area contributed by atoms with Gasteiger partial charge >= 0.3 is 7.12 Å². The maximum Gasteiger partial charge on any atom is 0.475 e. The molecule has 3 aromatic rings. The lowest BCUT2D eigenvalue weighted by molar-refractivity contribution is -0.126. The normalized spacial score (nSPS) is 12.2. The van der Waals surface area contributed by atoms with E-state index in [1.807, 2.05) is 68.4 Å². The molecule has 0 saturated carbocycles. The number of carbonyl (C=O) groups excluding carboxylic acids is 2. The Labute approximate surface area is 247 Å². The van der Waals surface area contributed by atoms with E-state index in [9.17, 15) is 19.6 Å². The van der Waals surface area contributed by atoms with Crippen LogP contribution >= 0.6 is 0 Å². The van der Waals surface area contributed by atoms with Gasteiger partial charge in [-0.3, -0.25) is 9.59 Å². The Kier molecular flexibility index (Phi) is 12.1. The molecule has 10 nitrogen and oxygen atoms in total. The predicted octanol–water partition coefficient (Wildman–Crippen LogP) is 3.06. The topological polar surface area (TPSA) is 138 Å². The van der Waals surface area contributed by atoms with Crippen molar-refractivity contribution in [2.24, 2.45) is 5.92 Å². The van der Waals surface area contributed by atoms with Gasteiger partial charge in [0.05, 0.1) is 33.8 Å². The third-order valence-electron chi connectivity index (χ3n) is 6.65. The van der Waals surface area contributed by atoms with Crippen molar-refractivity contribution in [2.75, 3.05) is 33.2 Å². The van der Waals surface area contributed by atoms with Crippen LogP contribution in [-0.4, -0.2) is 68.8 Å². The highest BCUT2D eigenvalue weighted by atomic mass is 16.5. The average Bonchev–Trinajstić information content (AvgIpc) is 2.98. The third-order valence-corrected chi connectivity index (χ3v) is 6.65. The number of hydrogen-bond acceptors (Lipinski definition) is 8. The number of nitrogens with one attached hydrogen (secondary N) is 3. The fourth-order valence-corrected chi connectivity index (χ4v) is 4.63. The van der Waals surface area contributed by atoms with Crippen LogP contribution in [0.5, 0.6) is 17.2 Å². The zero-order valence-electron chi connectivity index (χ0n) is 24.7. The second kappa shape index (κ2) is 15.7. The molecule has 0 spiro atoms. The quantitative estimate of drug-likeness (QED) is 0.174. The molecule has 0 aliphatic carbocycles. The van der Waals surface area contributed by atoms with Crippen LogP contribution in [0.1, 0.15) is 25.8 Å². The molecule has 2 amide bonds. The summed E-state index contributed by atoms with van der Waals surface area (Å²) in [7, 11) is 2.85. The molecule has 0 heterocycles. The third kappa shape index (κ3) is 9.15. The van der Waals surface area contributed by atoms with Crippen molar-refractivity contribution in [3.05, 3.63) is 72.3 Å². The van der Waals surface area contributed by atoms with E-state index in [1.54, 1.807) is 12.1 Å². The summed E-state index contributed by atoms with van der Waals surface area (Å²) >= 11 is 0. The summed E-state index contributed by atoms with van der Waals surface area (Å²) in [5, 5.41) is 27.9. The maximum absolute atomic E-state index is 13.5. The number of methoxy groups -OCH3 is 3.